The van der Waals surface area contributed by atoms with E-state index >= 15 is 0 Å². The molecule has 1 aromatic heterocycles. The number of rotatable bonds is 6. The molecular formula is C19H22N7O4-. The lowest BCUT2D eigenvalue weighted by Crippen LogP contribution is -2.40. The maximum atomic E-state index is 11.2. The van der Waals surface area contributed by atoms with Crippen LogP contribution in [0.25, 0.3) is 0 Å². The van der Waals surface area contributed by atoms with E-state index in [2.05, 4.69) is 25.5 Å². The van der Waals surface area contributed by atoms with E-state index in [1.165, 1.54) is 12.3 Å². The molecular weight excluding hydrogens is 390 g/mol. The molecule has 2 saturated heterocycles. The number of morpholine rings is 2. The Morgan fingerprint density at radius 1 is 0.967 bits per heavy atom. The number of anilines is 3. The summed E-state index contributed by atoms with van der Waals surface area (Å²) in [5.74, 6) is 0.0989. The lowest BCUT2D eigenvalue weighted by atomic mass is 10.1. The van der Waals surface area contributed by atoms with Crippen molar-refractivity contribution in [1.82, 2.24) is 15.0 Å². The molecule has 1 N–H and O–H groups in total. The highest BCUT2D eigenvalue weighted by molar-refractivity contribution is 5.97. The quantitative estimate of drug-likeness (QED) is 0.483. The molecule has 2 fully saturated rings. The van der Waals surface area contributed by atoms with Crippen molar-refractivity contribution in [3.8, 4) is 0 Å². The van der Waals surface area contributed by atoms with Crippen LogP contribution < -0.4 is 20.3 Å². The minimum Gasteiger partial charge on any atom is -0.545 e. The van der Waals surface area contributed by atoms with Gasteiger partial charge in [-0.2, -0.15) is 20.1 Å². The number of carbonyl (C=O) groups excluding carboxylic acids is 1. The highest BCUT2D eigenvalue weighted by atomic mass is 16.5. The van der Waals surface area contributed by atoms with Crippen LogP contribution in [0.3, 0.4) is 0 Å². The molecule has 11 nitrogen and oxygen atoms in total. The van der Waals surface area contributed by atoms with E-state index in [0.717, 1.165) is 0 Å². The molecule has 11 heteroatoms. The van der Waals surface area contributed by atoms with Gasteiger partial charge in [-0.05, 0) is 0 Å². The second-order valence-corrected chi connectivity index (χ2v) is 6.70. The van der Waals surface area contributed by atoms with Gasteiger partial charge in [0.2, 0.25) is 17.8 Å². The van der Waals surface area contributed by atoms with Crippen LogP contribution in [0, 0.1) is 0 Å². The summed E-state index contributed by atoms with van der Waals surface area (Å²) >= 11 is 0. The van der Waals surface area contributed by atoms with Crippen molar-refractivity contribution in [3.05, 3.63) is 35.4 Å². The molecule has 2 aliphatic rings. The van der Waals surface area contributed by atoms with E-state index in [1.54, 1.807) is 18.2 Å². The zero-order valence-corrected chi connectivity index (χ0v) is 16.4. The Bertz CT molecular complexity index is 875. The third-order valence-electron chi connectivity index (χ3n) is 4.75. The number of nitrogens with one attached hydrogen (secondary N) is 1. The van der Waals surface area contributed by atoms with Crippen LogP contribution >= 0.6 is 0 Å². The summed E-state index contributed by atoms with van der Waals surface area (Å²) in [5, 5.41) is 15.4. The molecule has 0 unspecified atom stereocenters. The Kier molecular flexibility index (Phi) is 6.30. The smallest absolute Gasteiger partial charge is 0.250 e. The summed E-state index contributed by atoms with van der Waals surface area (Å²) in [4.78, 5) is 28.9. The monoisotopic (exact) mass is 412 g/mol. The molecule has 0 bridgehead atoms. The van der Waals surface area contributed by atoms with Crippen molar-refractivity contribution in [1.29, 1.82) is 0 Å². The molecule has 2 aromatic rings. The van der Waals surface area contributed by atoms with Crippen molar-refractivity contribution < 1.29 is 19.4 Å². The van der Waals surface area contributed by atoms with E-state index in [-0.39, 0.29) is 11.5 Å². The minimum absolute atomic E-state index is 0.0571. The van der Waals surface area contributed by atoms with Crippen molar-refractivity contribution in [2.45, 2.75) is 0 Å². The van der Waals surface area contributed by atoms with Crippen molar-refractivity contribution in [2.24, 2.45) is 5.10 Å². The minimum atomic E-state index is -1.26. The van der Waals surface area contributed by atoms with Gasteiger partial charge >= 0.3 is 0 Å². The van der Waals surface area contributed by atoms with Gasteiger partial charge in [-0.25, -0.2) is 5.43 Å². The molecule has 0 spiro atoms. The van der Waals surface area contributed by atoms with Crippen LogP contribution in [0.5, 0.6) is 0 Å². The standard InChI is InChI=1S/C19H23N7O4/c27-16(28)15-4-2-1-3-14(15)13-20-24-17-21-18(25-5-9-29-10-6-25)23-19(22-17)26-7-11-30-12-8-26/h1-4,13H,5-12H2,(H,27,28)(H,21,22,23,24)/p-1. The molecule has 0 saturated carbocycles. The molecule has 158 valence electrons. The predicted molar refractivity (Wildman–Crippen MR) is 108 cm³/mol. The van der Waals surface area contributed by atoms with Gasteiger partial charge in [0.1, 0.15) is 0 Å². The first kappa shape index (κ1) is 20.0. The van der Waals surface area contributed by atoms with Crippen LogP contribution in [0.4, 0.5) is 17.8 Å². The van der Waals surface area contributed by atoms with Crippen LogP contribution in [0.2, 0.25) is 0 Å². The Hall–Kier alpha value is -3.31. The highest BCUT2D eigenvalue weighted by Crippen LogP contribution is 2.18. The van der Waals surface area contributed by atoms with Gasteiger partial charge in [-0.3, -0.25) is 0 Å². The van der Waals surface area contributed by atoms with Crippen molar-refractivity contribution in [3.63, 3.8) is 0 Å². The third kappa shape index (κ3) is 4.81. The fraction of sp³-hybridized carbons (Fsp3) is 0.421. The van der Waals surface area contributed by atoms with Gasteiger partial charge in [0, 0.05) is 37.3 Å². The first-order valence-electron chi connectivity index (χ1n) is 9.71. The number of hydrogen-bond acceptors (Lipinski definition) is 11. The fourth-order valence-electron chi connectivity index (χ4n) is 3.17. The number of hydrazone groups is 1. The van der Waals surface area contributed by atoms with Crippen molar-refractivity contribution >= 4 is 30.0 Å². The molecule has 1 aromatic carbocycles. The van der Waals surface area contributed by atoms with Crippen LogP contribution in [0.1, 0.15) is 15.9 Å². The van der Waals surface area contributed by atoms with Crippen molar-refractivity contribution in [2.75, 3.05) is 67.8 Å². The maximum Gasteiger partial charge on any atom is 0.250 e. The van der Waals surface area contributed by atoms with Gasteiger partial charge in [0.15, 0.2) is 0 Å². The van der Waals surface area contributed by atoms with E-state index in [1.807, 2.05) is 9.80 Å². The number of aromatic nitrogens is 3. The Balaban J connectivity index is 1.57. The number of aromatic carboxylic acids is 1. The number of carboxylic acid groups (broad SMARTS) is 1. The zero-order chi connectivity index (χ0) is 20.8. The second-order valence-electron chi connectivity index (χ2n) is 6.70. The van der Waals surface area contributed by atoms with E-state index < -0.39 is 5.97 Å². The predicted octanol–water partition coefficient (Wildman–Crippen LogP) is -0.646. The van der Waals surface area contributed by atoms with E-state index in [9.17, 15) is 9.90 Å². The van der Waals surface area contributed by atoms with Gasteiger partial charge < -0.3 is 29.2 Å². The zero-order valence-electron chi connectivity index (χ0n) is 16.4. The number of benzene rings is 1. The average Bonchev–Trinajstić information content (AvgIpc) is 2.80. The number of nitrogens with zero attached hydrogens (tertiary/aromatic N) is 6. The molecule has 2 aliphatic heterocycles. The summed E-state index contributed by atoms with van der Waals surface area (Å²) in [5.41, 5.74) is 3.27. The summed E-state index contributed by atoms with van der Waals surface area (Å²) in [6.45, 7) is 5.20. The summed E-state index contributed by atoms with van der Waals surface area (Å²) in [6, 6.07) is 6.46. The fourth-order valence-corrected chi connectivity index (χ4v) is 3.17. The van der Waals surface area contributed by atoms with Gasteiger partial charge in [0.05, 0.1) is 38.6 Å². The first-order chi connectivity index (χ1) is 14.7. The van der Waals surface area contributed by atoms with E-state index in [0.29, 0.717) is 70.1 Å². The Morgan fingerprint density at radius 3 is 2.10 bits per heavy atom. The normalized spacial score (nSPS) is 17.3. The summed E-state index contributed by atoms with van der Waals surface area (Å²) in [7, 11) is 0. The SMILES string of the molecule is O=C([O-])c1ccccc1C=NNc1nc(N2CCOCC2)nc(N2CCOCC2)n1. The summed E-state index contributed by atoms with van der Waals surface area (Å²) < 4.78 is 10.8. The molecule has 0 radical (unpaired) electrons. The molecule has 0 amide bonds. The van der Waals surface area contributed by atoms with Crippen LogP contribution in [0.15, 0.2) is 29.4 Å². The molecule has 0 aliphatic carbocycles. The van der Waals surface area contributed by atoms with E-state index in [4.69, 9.17) is 9.47 Å². The molecule has 3 heterocycles. The number of hydrogen-bond donors (Lipinski definition) is 1. The highest BCUT2D eigenvalue weighted by Gasteiger charge is 2.20. The first-order valence-corrected chi connectivity index (χ1v) is 9.71. The largest absolute Gasteiger partial charge is 0.545 e. The summed E-state index contributed by atoms with van der Waals surface area (Å²) in [6.07, 6.45) is 1.40. The topological polar surface area (TPSA) is 128 Å². The van der Waals surface area contributed by atoms with Crippen LogP contribution in [-0.2, 0) is 9.47 Å². The third-order valence-corrected chi connectivity index (χ3v) is 4.75. The lowest BCUT2D eigenvalue weighted by molar-refractivity contribution is -0.255. The number of ether oxygens (including phenoxy) is 2. The molecule has 4 rings (SSSR count). The number of carbonyl (C=O) groups is 1. The maximum absolute atomic E-state index is 11.2. The Morgan fingerprint density at radius 2 is 1.53 bits per heavy atom. The Labute approximate surface area is 173 Å². The van der Waals surface area contributed by atoms with Gasteiger partial charge in [-0.15, -0.1) is 0 Å². The van der Waals surface area contributed by atoms with Gasteiger partial charge in [-0.1, -0.05) is 24.3 Å². The average molecular weight is 412 g/mol. The lowest BCUT2D eigenvalue weighted by Gasteiger charge is -2.30. The molecule has 30 heavy (non-hydrogen) atoms. The van der Waals surface area contributed by atoms with Crippen LogP contribution in [-0.4, -0.2) is 79.7 Å². The number of carboxylic acids is 1. The van der Waals surface area contributed by atoms with Gasteiger partial charge in [0.25, 0.3) is 0 Å². The second kappa shape index (κ2) is 9.46. The molecule has 0 atom stereocenters.